The predicted molar refractivity (Wildman–Crippen MR) is 135 cm³/mol. The number of carbonyl (C=O) groups excluding carboxylic acids is 1. The number of nitrogens with one attached hydrogen (secondary N) is 2. The number of rotatable bonds is 11. The minimum absolute atomic E-state index is 0.174. The maximum atomic E-state index is 12.3. The number of hydrogen-bond acceptors (Lipinski definition) is 4. The van der Waals surface area contributed by atoms with Crippen LogP contribution in [0.1, 0.15) is 23.6 Å². The Hall–Kier alpha value is -2.73. The molecule has 5 nitrogen and oxygen atoms in total. The molecular formula is C26H28Cl2N2O3. The van der Waals surface area contributed by atoms with Crippen molar-refractivity contribution in [1.82, 2.24) is 5.32 Å². The third-order valence-corrected chi connectivity index (χ3v) is 5.42. The first-order chi connectivity index (χ1) is 15.9. The molecule has 1 amide bonds. The molecule has 0 unspecified atom stereocenters. The molecule has 2 N–H and O–H groups in total. The monoisotopic (exact) mass is 486 g/mol. The van der Waals surface area contributed by atoms with Gasteiger partial charge in [-0.2, -0.15) is 0 Å². The van der Waals surface area contributed by atoms with E-state index < -0.39 is 0 Å². The fourth-order valence-electron chi connectivity index (χ4n) is 3.21. The third kappa shape index (κ3) is 7.97. The van der Waals surface area contributed by atoms with Crippen molar-refractivity contribution in [3.05, 3.63) is 87.4 Å². The number of halogens is 2. The first-order valence-electron chi connectivity index (χ1n) is 10.8. The van der Waals surface area contributed by atoms with E-state index in [0.717, 1.165) is 29.1 Å². The normalized spacial score (nSPS) is 10.7. The number of carbonyl (C=O) groups is 1. The average Bonchev–Trinajstić information content (AvgIpc) is 2.79. The summed E-state index contributed by atoms with van der Waals surface area (Å²) in [5.41, 5.74) is 4.02. The van der Waals surface area contributed by atoms with Crippen molar-refractivity contribution >= 4 is 34.8 Å². The Bertz CT molecular complexity index is 1050. The summed E-state index contributed by atoms with van der Waals surface area (Å²) < 4.78 is 11.5. The molecule has 174 valence electrons. The van der Waals surface area contributed by atoms with Crippen LogP contribution in [0.15, 0.2) is 60.7 Å². The van der Waals surface area contributed by atoms with E-state index in [1.165, 1.54) is 5.56 Å². The molecule has 7 heteroatoms. The van der Waals surface area contributed by atoms with Gasteiger partial charge < -0.3 is 20.1 Å². The molecule has 3 aromatic carbocycles. The van der Waals surface area contributed by atoms with Crippen molar-refractivity contribution in [3.8, 4) is 11.5 Å². The SMILES string of the molecule is CCOc1cc(CNCCc2ccc(Cl)cc2)cc(Cl)c1OCC(=O)Nc1ccc(C)cc1. The molecule has 0 saturated carbocycles. The van der Waals surface area contributed by atoms with Crippen molar-refractivity contribution in [3.63, 3.8) is 0 Å². The van der Waals surface area contributed by atoms with E-state index in [0.29, 0.717) is 35.4 Å². The molecule has 0 aromatic heterocycles. The van der Waals surface area contributed by atoms with E-state index in [9.17, 15) is 4.79 Å². The lowest BCUT2D eigenvalue weighted by Crippen LogP contribution is -2.20. The highest BCUT2D eigenvalue weighted by Crippen LogP contribution is 2.36. The molecule has 0 bridgehead atoms. The van der Waals surface area contributed by atoms with Gasteiger partial charge in [0.25, 0.3) is 5.91 Å². The number of aryl methyl sites for hydroxylation is 1. The quantitative estimate of drug-likeness (QED) is 0.323. The molecular weight excluding hydrogens is 459 g/mol. The van der Waals surface area contributed by atoms with Gasteiger partial charge in [0.1, 0.15) is 0 Å². The van der Waals surface area contributed by atoms with Crippen LogP contribution >= 0.6 is 23.2 Å². The Labute approximate surface area is 205 Å². The van der Waals surface area contributed by atoms with Crippen LogP contribution in [0.5, 0.6) is 11.5 Å². The summed E-state index contributed by atoms with van der Waals surface area (Å²) in [6, 6.07) is 19.1. The molecule has 0 radical (unpaired) electrons. The molecule has 3 rings (SSSR count). The van der Waals surface area contributed by atoms with Gasteiger partial charge in [0.2, 0.25) is 0 Å². The lowest BCUT2D eigenvalue weighted by Gasteiger charge is -2.15. The highest BCUT2D eigenvalue weighted by Gasteiger charge is 2.14. The molecule has 0 saturated heterocycles. The largest absolute Gasteiger partial charge is 0.490 e. The number of ether oxygens (including phenoxy) is 2. The van der Waals surface area contributed by atoms with Gasteiger partial charge in [-0.25, -0.2) is 0 Å². The second-order valence-corrected chi connectivity index (χ2v) is 8.44. The maximum absolute atomic E-state index is 12.3. The van der Waals surface area contributed by atoms with Gasteiger partial charge in [-0.15, -0.1) is 0 Å². The zero-order valence-electron chi connectivity index (χ0n) is 18.8. The van der Waals surface area contributed by atoms with Crippen LogP contribution in [0.3, 0.4) is 0 Å². The summed E-state index contributed by atoms with van der Waals surface area (Å²) in [7, 11) is 0. The standard InChI is InChI=1S/C26H28Cl2N2O3/c1-3-32-24-15-20(16-29-13-12-19-6-8-21(27)9-7-19)14-23(28)26(24)33-17-25(31)30-22-10-4-18(2)5-11-22/h4-11,14-15,29H,3,12-13,16-17H2,1-2H3,(H,30,31). The molecule has 0 spiro atoms. The third-order valence-electron chi connectivity index (χ3n) is 4.88. The van der Waals surface area contributed by atoms with Crippen molar-refractivity contribution in [2.24, 2.45) is 0 Å². The summed E-state index contributed by atoms with van der Waals surface area (Å²) in [6.45, 7) is 5.59. The van der Waals surface area contributed by atoms with Gasteiger partial charge in [-0.3, -0.25) is 4.79 Å². The smallest absolute Gasteiger partial charge is 0.262 e. The lowest BCUT2D eigenvalue weighted by molar-refractivity contribution is -0.118. The molecule has 33 heavy (non-hydrogen) atoms. The van der Waals surface area contributed by atoms with Crippen LogP contribution in [0, 0.1) is 6.92 Å². The van der Waals surface area contributed by atoms with Gasteiger partial charge in [-0.1, -0.05) is 53.0 Å². The summed E-state index contributed by atoms with van der Waals surface area (Å²) in [4.78, 5) is 12.3. The van der Waals surface area contributed by atoms with Crippen LogP contribution < -0.4 is 20.1 Å². The van der Waals surface area contributed by atoms with E-state index in [-0.39, 0.29) is 12.5 Å². The van der Waals surface area contributed by atoms with Crippen molar-refractivity contribution < 1.29 is 14.3 Å². The Balaban J connectivity index is 1.56. The number of anilines is 1. The Morgan fingerprint density at radius 3 is 2.36 bits per heavy atom. The summed E-state index contributed by atoms with van der Waals surface area (Å²) in [6.07, 6.45) is 0.889. The first-order valence-corrected chi connectivity index (χ1v) is 11.6. The minimum Gasteiger partial charge on any atom is -0.490 e. The number of benzene rings is 3. The minimum atomic E-state index is -0.273. The van der Waals surface area contributed by atoms with Crippen molar-refractivity contribution in [2.75, 3.05) is 25.1 Å². The van der Waals surface area contributed by atoms with Gasteiger partial charge >= 0.3 is 0 Å². The molecule has 0 fully saturated rings. The van der Waals surface area contributed by atoms with Gasteiger partial charge in [0.05, 0.1) is 11.6 Å². The van der Waals surface area contributed by atoms with Crippen LogP contribution in [0.4, 0.5) is 5.69 Å². The second-order valence-electron chi connectivity index (χ2n) is 7.59. The van der Waals surface area contributed by atoms with E-state index in [1.54, 1.807) is 0 Å². The van der Waals surface area contributed by atoms with Crippen molar-refractivity contribution in [2.45, 2.75) is 26.8 Å². The number of hydrogen-bond donors (Lipinski definition) is 2. The molecule has 0 aliphatic heterocycles. The van der Waals surface area contributed by atoms with E-state index >= 15 is 0 Å². The van der Waals surface area contributed by atoms with Gasteiger partial charge in [0, 0.05) is 17.3 Å². The Morgan fingerprint density at radius 2 is 1.67 bits per heavy atom. The van der Waals surface area contributed by atoms with E-state index in [4.69, 9.17) is 32.7 Å². The van der Waals surface area contributed by atoms with Crippen LogP contribution in [-0.4, -0.2) is 25.7 Å². The lowest BCUT2D eigenvalue weighted by atomic mass is 10.1. The second kappa shape index (κ2) is 12.5. The molecule has 3 aromatic rings. The summed E-state index contributed by atoms with van der Waals surface area (Å²) in [5, 5.41) is 7.35. The van der Waals surface area contributed by atoms with Gasteiger partial charge in [0.15, 0.2) is 18.1 Å². The van der Waals surface area contributed by atoms with E-state index in [1.807, 2.05) is 74.5 Å². The van der Waals surface area contributed by atoms with Crippen LogP contribution in [-0.2, 0) is 17.8 Å². The number of amides is 1. The first kappa shape index (κ1) is 24.9. The fourth-order valence-corrected chi connectivity index (χ4v) is 3.63. The topological polar surface area (TPSA) is 59.6 Å². The maximum Gasteiger partial charge on any atom is 0.262 e. The van der Waals surface area contributed by atoms with E-state index in [2.05, 4.69) is 10.6 Å². The molecule has 0 aliphatic carbocycles. The Kier molecular flexibility index (Phi) is 9.43. The van der Waals surface area contributed by atoms with Crippen LogP contribution in [0.2, 0.25) is 10.0 Å². The molecule has 0 aliphatic rings. The molecule has 0 heterocycles. The predicted octanol–water partition coefficient (Wildman–Crippen LogP) is 6.05. The Morgan fingerprint density at radius 1 is 0.939 bits per heavy atom. The molecule has 0 atom stereocenters. The average molecular weight is 487 g/mol. The zero-order valence-corrected chi connectivity index (χ0v) is 20.3. The highest BCUT2D eigenvalue weighted by molar-refractivity contribution is 6.32. The fraction of sp³-hybridized carbons (Fsp3) is 0.269. The van der Waals surface area contributed by atoms with Crippen LogP contribution in [0.25, 0.3) is 0 Å². The van der Waals surface area contributed by atoms with Crippen molar-refractivity contribution in [1.29, 1.82) is 0 Å². The highest BCUT2D eigenvalue weighted by atomic mass is 35.5. The summed E-state index contributed by atoms with van der Waals surface area (Å²) >= 11 is 12.4. The zero-order chi connectivity index (χ0) is 23.6. The van der Waals surface area contributed by atoms with Gasteiger partial charge in [-0.05, 0) is 74.3 Å². The summed E-state index contributed by atoms with van der Waals surface area (Å²) in [5.74, 6) is 0.607.